The van der Waals surface area contributed by atoms with Crippen LogP contribution in [0.1, 0.15) is 25.0 Å². The molecule has 0 spiro atoms. The van der Waals surface area contributed by atoms with Crippen LogP contribution in [0.2, 0.25) is 0 Å². The third kappa shape index (κ3) is 5.37. The number of carbonyl (C=O) groups excluding carboxylic acids is 3. The Bertz CT molecular complexity index is 870. The summed E-state index contributed by atoms with van der Waals surface area (Å²) in [6.45, 7) is 3.63. The summed E-state index contributed by atoms with van der Waals surface area (Å²) in [6, 6.07) is 17.2. The maximum Gasteiger partial charge on any atom is 0.408 e. The molecular formula is C23H26N2O5. The molecule has 0 bridgehead atoms. The second-order valence-corrected chi connectivity index (χ2v) is 7.53. The Morgan fingerprint density at radius 3 is 2.27 bits per heavy atom. The zero-order chi connectivity index (χ0) is 21.5. The van der Waals surface area contributed by atoms with Crippen LogP contribution in [0.3, 0.4) is 0 Å². The van der Waals surface area contributed by atoms with Crippen LogP contribution in [0.4, 0.5) is 4.79 Å². The molecular weight excluding hydrogens is 384 g/mol. The van der Waals surface area contributed by atoms with Crippen molar-refractivity contribution < 1.29 is 23.9 Å². The van der Waals surface area contributed by atoms with Gasteiger partial charge in [-0.2, -0.15) is 0 Å². The van der Waals surface area contributed by atoms with Crippen LogP contribution in [0.5, 0.6) is 0 Å². The van der Waals surface area contributed by atoms with Crippen molar-refractivity contribution in [3.8, 4) is 0 Å². The Morgan fingerprint density at radius 2 is 1.67 bits per heavy atom. The predicted molar refractivity (Wildman–Crippen MR) is 110 cm³/mol. The number of nitrogens with zero attached hydrogens (tertiary/aromatic N) is 1. The number of alkyl carbamates (subject to hydrolysis) is 1. The number of esters is 1. The van der Waals surface area contributed by atoms with Crippen LogP contribution in [0.25, 0.3) is 0 Å². The summed E-state index contributed by atoms with van der Waals surface area (Å²) in [5, 5.41) is 2.64. The zero-order valence-electron chi connectivity index (χ0n) is 17.1. The predicted octanol–water partition coefficient (Wildman–Crippen LogP) is 2.89. The molecule has 2 amide bonds. The molecule has 0 aliphatic carbocycles. The number of cyclic esters (lactones) is 1. The van der Waals surface area contributed by atoms with Crippen LogP contribution in [-0.4, -0.2) is 41.7 Å². The standard InChI is InChI=1S/C23H26N2O5/c1-16(2)20(24-23(28)29-14-18-11-7-4-8-12-18)21(26)25-15-30-22(27)19(25)13-17-9-5-3-6-10-17/h3-12,16,19-20H,13-15H2,1-2H3,(H,24,28). The molecule has 0 aromatic heterocycles. The van der Waals surface area contributed by atoms with Crippen molar-refractivity contribution in [2.24, 2.45) is 5.92 Å². The highest BCUT2D eigenvalue weighted by atomic mass is 16.6. The van der Waals surface area contributed by atoms with E-state index >= 15 is 0 Å². The highest BCUT2D eigenvalue weighted by molar-refractivity contribution is 5.91. The average Bonchev–Trinajstić information content (AvgIpc) is 3.11. The Labute approximate surface area is 176 Å². The van der Waals surface area contributed by atoms with E-state index in [1.165, 1.54) is 4.90 Å². The van der Waals surface area contributed by atoms with Crippen molar-refractivity contribution in [3.05, 3.63) is 71.8 Å². The highest BCUT2D eigenvalue weighted by Crippen LogP contribution is 2.20. The maximum absolute atomic E-state index is 13.2. The van der Waals surface area contributed by atoms with Gasteiger partial charge >= 0.3 is 12.1 Å². The van der Waals surface area contributed by atoms with Gasteiger partial charge in [-0.3, -0.25) is 9.69 Å². The van der Waals surface area contributed by atoms with E-state index in [0.29, 0.717) is 6.42 Å². The molecule has 1 N–H and O–H groups in total. The van der Waals surface area contributed by atoms with E-state index in [4.69, 9.17) is 9.47 Å². The normalized spacial score (nSPS) is 16.8. The first-order valence-corrected chi connectivity index (χ1v) is 9.94. The molecule has 0 saturated carbocycles. The third-order valence-electron chi connectivity index (χ3n) is 4.97. The van der Waals surface area contributed by atoms with Gasteiger partial charge in [-0.05, 0) is 17.0 Å². The molecule has 7 heteroatoms. The number of hydrogen-bond donors (Lipinski definition) is 1. The molecule has 7 nitrogen and oxygen atoms in total. The largest absolute Gasteiger partial charge is 0.445 e. The molecule has 30 heavy (non-hydrogen) atoms. The van der Waals surface area contributed by atoms with Gasteiger partial charge in [0, 0.05) is 6.42 Å². The van der Waals surface area contributed by atoms with Gasteiger partial charge in [-0.1, -0.05) is 74.5 Å². The molecule has 2 atom stereocenters. The summed E-state index contributed by atoms with van der Waals surface area (Å²) >= 11 is 0. The Morgan fingerprint density at radius 1 is 1.07 bits per heavy atom. The molecule has 1 fully saturated rings. The molecule has 158 valence electrons. The van der Waals surface area contributed by atoms with E-state index < -0.39 is 24.1 Å². The molecule has 1 saturated heterocycles. The van der Waals surface area contributed by atoms with E-state index in [1.807, 2.05) is 74.5 Å². The fourth-order valence-electron chi connectivity index (χ4n) is 3.28. The summed E-state index contributed by atoms with van der Waals surface area (Å²) in [5.74, 6) is -1.01. The summed E-state index contributed by atoms with van der Waals surface area (Å²) in [5.41, 5.74) is 1.78. The number of rotatable bonds is 7. The van der Waals surface area contributed by atoms with Gasteiger partial charge in [-0.15, -0.1) is 0 Å². The topological polar surface area (TPSA) is 84.9 Å². The first-order chi connectivity index (χ1) is 14.5. The third-order valence-corrected chi connectivity index (χ3v) is 4.97. The molecule has 3 rings (SSSR count). The molecule has 2 unspecified atom stereocenters. The Kier molecular flexibility index (Phi) is 7.06. The van der Waals surface area contributed by atoms with E-state index in [2.05, 4.69) is 5.32 Å². The van der Waals surface area contributed by atoms with E-state index in [9.17, 15) is 14.4 Å². The summed E-state index contributed by atoms with van der Waals surface area (Å²) in [6.07, 6.45) is -0.328. The van der Waals surface area contributed by atoms with Crippen molar-refractivity contribution in [2.75, 3.05) is 6.73 Å². The molecule has 2 aromatic rings. The molecule has 1 aliphatic heterocycles. The Balaban J connectivity index is 1.64. The van der Waals surface area contributed by atoms with Gasteiger partial charge in [-0.25, -0.2) is 9.59 Å². The lowest BCUT2D eigenvalue weighted by molar-refractivity contribution is -0.139. The van der Waals surface area contributed by atoms with Crippen LogP contribution in [0.15, 0.2) is 60.7 Å². The number of nitrogens with one attached hydrogen (secondary N) is 1. The van der Waals surface area contributed by atoms with Crippen LogP contribution in [-0.2, 0) is 32.1 Å². The van der Waals surface area contributed by atoms with Gasteiger partial charge in [0.25, 0.3) is 0 Å². The highest BCUT2D eigenvalue weighted by Gasteiger charge is 2.41. The van der Waals surface area contributed by atoms with Gasteiger partial charge in [0.05, 0.1) is 0 Å². The van der Waals surface area contributed by atoms with Crippen molar-refractivity contribution in [2.45, 2.75) is 39.0 Å². The quantitative estimate of drug-likeness (QED) is 0.710. The van der Waals surface area contributed by atoms with Crippen LogP contribution in [0, 0.1) is 5.92 Å². The molecule has 1 aliphatic rings. The first-order valence-electron chi connectivity index (χ1n) is 9.94. The van der Waals surface area contributed by atoms with Crippen molar-refractivity contribution in [1.29, 1.82) is 0 Å². The number of carbonyl (C=O) groups is 3. The maximum atomic E-state index is 13.2. The lowest BCUT2D eigenvalue weighted by Gasteiger charge is -2.28. The average molecular weight is 410 g/mol. The first kappa shape index (κ1) is 21.4. The molecule has 1 heterocycles. The Hall–Kier alpha value is -3.35. The minimum atomic E-state index is -0.832. The monoisotopic (exact) mass is 410 g/mol. The second kappa shape index (κ2) is 9.91. The number of amides is 2. The van der Waals surface area contributed by atoms with Crippen LogP contribution >= 0.6 is 0 Å². The van der Waals surface area contributed by atoms with Gasteiger partial charge in [0.2, 0.25) is 5.91 Å². The fourth-order valence-corrected chi connectivity index (χ4v) is 3.28. The SMILES string of the molecule is CC(C)C(NC(=O)OCc1ccccc1)C(=O)N1COC(=O)C1Cc1ccccc1. The van der Waals surface area contributed by atoms with Gasteiger partial charge in [0.1, 0.15) is 18.7 Å². The van der Waals surface area contributed by atoms with Crippen LogP contribution < -0.4 is 5.32 Å². The number of benzene rings is 2. The van der Waals surface area contributed by atoms with Crippen molar-refractivity contribution in [3.63, 3.8) is 0 Å². The summed E-state index contributed by atoms with van der Waals surface area (Å²) < 4.78 is 10.4. The lowest BCUT2D eigenvalue weighted by Crippen LogP contribution is -2.53. The van der Waals surface area contributed by atoms with E-state index in [0.717, 1.165) is 11.1 Å². The van der Waals surface area contributed by atoms with E-state index in [1.54, 1.807) is 0 Å². The van der Waals surface area contributed by atoms with E-state index in [-0.39, 0.29) is 25.2 Å². The summed E-state index contributed by atoms with van der Waals surface area (Å²) in [7, 11) is 0. The van der Waals surface area contributed by atoms with Gasteiger partial charge in [0.15, 0.2) is 6.73 Å². The minimum Gasteiger partial charge on any atom is -0.445 e. The lowest BCUT2D eigenvalue weighted by atomic mass is 10.0. The zero-order valence-corrected chi connectivity index (χ0v) is 17.1. The fraction of sp³-hybridized carbons (Fsp3) is 0.348. The van der Waals surface area contributed by atoms with Gasteiger partial charge < -0.3 is 14.8 Å². The number of hydrogen-bond acceptors (Lipinski definition) is 5. The molecule has 0 radical (unpaired) electrons. The minimum absolute atomic E-state index is 0.105. The van der Waals surface area contributed by atoms with Crippen molar-refractivity contribution >= 4 is 18.0 Å². The second-order valence-electron chi connectivity index (χ2n) is 7.53. The molecule has 2 aromatic carbocycles. The number of ether oxygens (including phenoxy) is 2. The summed E-state index contributed by atoms with van der Waals surface area (Å²) in [4.78, 5) is 39.1. The smallest absolute Gasteiger partial charge is 0.408 e. The van der Waals surface area contributed by atoms with Crippen molar-refractivity contribution in [1.82, 2.24) is 10.2 Å².